The fourth-order valence-corrected chi connectivity index (χ4v) is 1.70. The van der Waals surface area contributed by atoms with Crippen LogP contribution in [0.3, 0.4) is 0 Å². The van der Waals surface area contributed by atoms with Crippen molar-refractivity contribution in [1.82, 2.24) is 9.78 Å². The Morgan fingerprint density at radius 1 is 1.29 bits per heavy atom. The third kappa shape index (κ3) is 3.13. The van der Waals surface area contributed by atoms with Gasteiger partial charge in [-0.3, -0.25) is 4.18 Å². The van der Waals surface area contributed by atoms with Crippen LogP contribution in [-0.4, -0.2) is 18.2 Å². The van der Waals surface area contributed by atoms with Crippen molar-refractivity contribution < 1.29 is 12.6 Å². The van der Waals surface area contributed by atoms with Crippen LogP contribution in [0.15, 0.2) is 42.7 Å². The normalized spacial score (nSPS) is 11.6. The van der Waals surface area contributed by atoms with Crippen LogP contribution in [0.5, 0.6) is 0 Å². The Morgan fingerprint density at radius 3 is 2.71 bits per heavy atom. The fourth-order valence-electron chi connectivity index (χ4n) is 1.41. The molecule has 90 valence electrons. The largest absolute Gasteiger partial charge is 0.333 e. The second kappa shape index (κ2) is 4.66. The van der Waals surface area contributed by atoms with E-state index >= 15 is 0 Å². The van der Waals surface area contributed by atoms with E-state index in [0.717, 1.165) is 5.69 Å². The Bertz CT molecular complexity index is 593. The van der Waals surface area contributed by atoms with E-state index in [1.165, 1.54) is 0 Å². The first-order valence-electron chi connectivity index (χ1n) is 4.81. The maximum Gasteiger partial charge on any atom is 0.333 e. The van der Waals surface area contributed by atoms with Gasteiger partial charge in [-0.1, -0.05) is 18.2 Å². The van der Waals surface area contributed by atoms with Gasteiger partial charge in [0.15, 0.2) is 0 Å². The summed E-state index contributed by atoms with van der Waals surface area (Å²) in [5.41, 5.74) is 1.44. The minimum absolute atomic E-state index is 0.116. The molecule has 0 saturated carbocycles. The lowest BCUT2D eigenvalue weighted by Gasteiger charge is -2.08. The first kappa shape index (κ1) is 11.8. The Labute approximate surface area is 98.9 Å². The fraction of sp³-hybridized carbons (Fsp3) is 0.100. The highest BCUT2D eigenvalue weighted by molar-refractivity contribution is 7.84. The molecule has 0 bridgehead atoms. The maximum atomic E-state index is 10.7. The van der Waals surface area contributed by atoms with Crippen LogP contribution in [0.4, 0.5) is 0 Å². The van der Waals surface area contributed by atoms with Crippen molar-refractivity contribution in [3.05, 3.63) is 48.3 Å². The molecule has 0 unspecified atom stereocenters. The molecule has 1 aromatic heterocycles. The van der Waals surface area contributed by atoms with Crippen LogP contribution < -0.4 is 5.14 Å². The van der Waals surface area contributed by atoms with Gasteiger partial charge in [-0.15, -0.1) is 0 Å². The monoisotopic (exact) mass is 253 g/mol. The molecule has 0 saturated heterocycles. The quantitative estimate of drug-likeness (QED) is 0.864. The van der Waals surface area contributed by atoms with Gasteiger partial charge in [0.1, 0.15) is 0 Å². The molecular weight excluding hydrogens is 242 g/mol. The summed E-state index contributed by atoms with van der Waals surface area (Å²) >= 11 is 0. The highest BCUT2D eigenvalue weighted by Crippen LogP contribution is 2.14. The van der Waals surface area contributed by atoms with Gasteiger partial charge < -0.3 is 0 Å². The van der Waals surface area contributed by atoms with Crippen LogP contribution >= 0.6 is 0 Å². The van der Waals surface area contributed by atoms with Crippen molar-refractivity contribution in [1.29, 1.82) is 0 Å². The summed E-state index contributed by atoms with van der Waals surface area (Å²) in [6, 6.07) is 8.96. The molecule has 17 heavy (non-hydrogen) atoms. The average molecular weight is 253 g/mol. The van der Waals surface area contributed by atoms with Gasteiger partial charge in [-0.05, 0) is 12.1 Å². The molecule has 2 rings (SSSR count). The third-order valence-electron chi connectivity index (χ3n) is 2.12. The van der Waals surface area contributed by atoms with Crippen LogP contribution in [0.25, 0.3) is 5.69 Å². The predicted octanol–water partition coefficient (Wildman–Crippen LogP) is 0.592. The summed E-state index contributed by atoms with van der Waals surface area (Å²) in [4.78, 5) is 0. The number of para-hydroxylation sites is 1. The van der Waals surface area contributed by atoms with Gasteiger partial charge in [0, 0.05) is 18.0 Å². The van der Waals surface area contributed by atoms with Crippen molar-refractivity contribution in [3.8, 4) is 5.69 Å². The van der Waals surface area contributed by atoms with Gasteiger partial charge in [-0.25, -0.2) is 9.82 Å². The molecule has 1 aromatic carbocycles. The number of aromatic nitrogens is 2. The number of nitrogens with zero attached hydrogens (tertiary/aromatic N) is 2. The molecule has 0 aliphatic heterocycles. The smallest absolute Gasteiger partial charge is 0.253 e. The number of benzene rings is 1. The van der Waals surface area contributed by atoms with Crippen LogP contribution in [0.1, 0.15) is 5.56 Å². The molecule has 0 aliphatic carbocycles. The number of hydrogen-bond acceptors (Lipinski definition) is 4. The summed E-state index contributed by atoms with van der Waals surface area (Å²) in [7, 11) is -3.94. The van der Waals surface area contributed by atoms with E-state index in [1.54, 1.807) is 35.3 Å². The SMILES string of the molecule is NS(=O)(=O)OCc1ccccc1-n1cccn1. The Kier molecular flexibility index (Phi) is 3.23. The molecule has 0 amide bonds. The molecule has 0 atom stereocenters. The first-order valence-corrected chi connectivity index (χ1v) is 6.28. The Morgan fingerprint density at radius 2 is 2.06 bits per heavy atom. The second-order valence-electron chi connectivity index (χ2n) is 3.33. The van der Waals surface area contributed by atoms with Gasteiger partial charge in [0.25, 0.3) is 0 Å². The summed E-state index contributed by atoms with van der Waals surface area (Å²) in [6.07, 6.45) is 3.40. The van der Waals surface area contributed by atoms with E-state index in [-0.39, 0.29) is 6.61 Å². The van der Waals surface area contributed by atoms with Crippen molar-refractivity contribution in [2.24, 2.45) is 5.14 Å². The number of nitrogens with two attached hydrogens (primary N) is 1. The van der Waals surface area contributed by atoms with E-state index in [4.69, 9.17) is 5.14 Å². The lowest BCUT2D eigenvalue weighted by molar-refractivity contribution is 0.308. The van der Waals surface area contributed by atoms with Gasteiger partial charge in [0.05, 0.1) is 12.3 Å². The van der Waals surface area contributed by atoms with Crippen molar-refractivity contribution in [2.75, 3.05) is 0 Å². The molecule has 0 fully saturated rings. The summed E-state index contributed by atoms with van der Waals surface area (Å²) in [6.45, 7) is -0.116. The van der Waals surface area contributed by atoms with Crippen LogP contribution in [0.2, 0.25) is 0 Å². The molecule has 1 heterocycles. The Hall–Kier alpha value is -1.70. The molecule has 0 spiro atoms. The standard InChI is InChI=1S/C10H11N3O3S/c11-17(14,15)16-8-9-4-1-2-5-10(9)13-7-3-6-12-13/h1-7H,8H2,(H2,11,14,15). The minimum atomic E-state index is -3.94. The van der Waals surface area contributed by atoms with Crippen molar-refractivity contribution >= 4 is 10.3 Å². The van der Waals surface area contributed by atoms with Crippen LogP contribution in [-0.2, 0) is 21.1 Å². The Balaban J connectivity index is 2.29. The first-order chi connectivity index (χ1) is 8.06. The summed E-state index contributed by atoms with van der Waals surface area (Å²) in [5.74, 6) is 0. The lowest BCUT2D eigenvalue weighted by Crippen LogP contribution is -2.16. The molecule has 2 N–H and O–H groups in total. The molecule has 7 heteroatoms. The molecule has 2 aromatic rings. The van der Waals surface area contributed by atoms with Crippen molar-refractivity contribution in [2.45, 2.75) is 6.61 Å². The molecule has 6 nitrogen and oxygen atoms in total. The third-order valence-corrected chi connectivity index (χ3v) is 2.57. The van der Waals surface area contributed by atoms with E-state index in [0.29, 0.717) is 5.56 Å². The minimum Gasteiger partial charge on any atom is -0.253 e. The summed E-state index contributed by atoms with van der Waals surface area (Å²) in [5, 5.41) is 8.85. The average Bonchev–Trinajstić information content (AvgIpc) is 2.79. The number of hydrogen-bond donors (Lipinski definition) is 1. The zero-order valence-electron chi connectivity index (χ0n) is 8.85. The van der Waals surface area contributed by atoms with E-state index in [9.17, 15) is 8.42 Å². The maximum absolute atomic E-state index is 10.7. The predicted molar refractivity (Wildman–Crippen MR) is 61.5 cm³/mol. The zero-order valence-corrected chi connectivity index (χ0v) is 9.67. The van der Waals surface area contributed by atoms with Crippen LogP contribution in [0, 0.1) is 0 Å². The van der Waals surface area contributed by atoms with Gasteiger partial charge in [0.2, 0.25) is 0 Å². The lowest BCUT2D eigenvalue weighted by atomic mass is 10.2. The van der Waals surface area contributed by atoms with E-state index in [1.807, 2.05) is 12.1 Å². The zero-order chi connectivity index (χ0) is 12.3. The van der Waals surface area contributed by atoms with Gasteiger partial charge in [-0.2, -0.15) is 13.5 Å². The summed E-state index contributed by atoms with van der Waals surface area (Å²) < 4.78 is 27.7. The number of rotatable bonds is 4. The highest BCUT2D eigenvalue weighted by Gasteiger charge is 2.08. The molecule has 0 radical (unpaired) electrons. The highest BCUT2D eigenvalue weighted by atomic mass is 32.2. The van der Waals surface area contributed by atoms with Crippen molar-refractivity contribution in [3.63, 3.8) is 0 Å². The second-order valence-corrected chi connectivity index (χ2v) is 4.56. The van der Waals surface area contributed by atoms with E-state index in [2.05, 4.69) is 9.28 Å². The molecule has 0 aliphatic rings. The topological polar surface area (TPSA) is 87.2 Å². The molecular formula is C10H11N3O3S. The van der Waals surface area contributed by atoms with E-state index < -0.39 is 10.3 Å². The van der Waals surface area contributed by atoms with Gasteiger partial charge >= 0.3 is 10.3 Å².